The number of carbonyl (C=O) groups excluding carboxylic acids is 1. The van der Waals surface area contributed by atoms with Crippen LogP contribution in [0.25, 0.3) is 0 Å². The van der Waals surface area contributed by atoms with E-state index in [2.05, 4.69) is 26.5 Å². The molecule has 0 heterocycles. The van der Waals surface area contributed by atoms with Gasteiger partial charge in [-0.05, 0) is 30.3 Å². The fraction of sp³-hybridized carbons (Fsp3) is 0.0667. The third-order valence-corrected chi connectivity index (χ3v) is 3.21. The van der Waals surface area contributed by atoms with Gasteiger partial charge in [0.15, 0.2) is 18.1 Å². The van der Waals surface area contributed by atoms with Crippen molar-refractivity contribution >= 4 is 28.1 Å². The maximum absolute atomic E-state index is 11.6. The molecule has 0 saturated carbocycles. The number of ether oxygens (including phenoxy) is 1. The second-order valence-corrected chi connectivity index (χ2v) is 5.33. The van der Waals surface area contributed by atoms with Crippen molar-refractivity contribution in [2.45, 2.75) is 0 Å². The molecule has 0 aliphatic carbocycles. The van der Waals surface area contributed by atoms with E-state index in [9.17, 15) is 20.1 Å². The van der Waals surface area contributed by atoms with Gasteiger partial charge in [-0.25, -0.2) is 5.43 Å². The molecule has 8 heteroatoms. The zero-order valence-corrected chi connectivity index (χ0v) is 13.3. The number of aromatic hydroxyl groups is 3. The third-order valence-electron chi connectivity index (χ3n) is 2.72. The summed E-state index contributed by atoms with van der Waals surface area (Å²) in [5.41, 5.74) is 2.35. The van der Waals surface area contributed by atoms with Gasteiger partial charge >= 0.3 is 0 Å². The largest absolute Gasteiger partial charge is 0.504 e. The van der Waals surface area contributed by atoms with Crippen LogP contribution in [-0.4, -0.2) is 34.0 Å². The first-order chi connectivity index (χ1) is 11.0. The molecule has 0 aromatic heterocycles. The summed E-state index contributed by atoms with van der Waals surface area (Å²) in [6.45, 7) is -0.236. The number of rotatable bonds is 5. The summed E-state index contributed by atoms with van der Waals surface area (Å²) in [6, 6.07) is 9.55. The smallest absolute Gasteiger partial charge is 0.277 e. The molecule has 2 aromatic carbocycles. The lowest BCUT2D eigenvalue weighted by Crippen LogP contribution is -2.24. The van der Waals surface area contributed by atoms with E-state index in [0.29, 0.717) is 5.75 Å². The Morgan fingerprint density at radius 1 is 1.22 bits per heavy atom. The van der Waals surface area contributed by atoms with E-state index in [0.717, 1.165) is 10.7 Å². The number of amides is 1. The number of nitrogens with zero attached hydrogens (tertiary/aromatic N) is 1. The van der Waals surface area contributed by atoms with Crippen LogP contribution in [0.5, 0.6) is 23.0 Å². The van der Waals surface area contributed by atoms with Gasteiger partial charge in [-0.15, -0.1) is 0 Å². The van der Waals surface area contributed by atoms with E-state index in [1.54, 1.807) is 18.2 Å². The van der Waals surface area contributed by atoms with Crippen molar-refractivity contribution in [3.8, 4) is 23.0 Å². The molecule has 0 aliphatic heterocycles. The van der Waals surface area contributed by atoms with Crippen molar-refractivity contribution in [2.75, 3.05) is 6.61 Å². The maximum atomic E-state index is 11.6. The summed E-state index contributed by atoms with van der Waals surface area (Å²) >= 11 is 3.29. The Balaban J connectivity index is 1.88. The first-order valence-electron chi connectivity index (χ1n) is 6.41. The minimum Gasteiger partial charge on any atom is -0.504 e. The summed E-state index contributed by atoms with van der Waals surface area (Å²) in [6.07, 6.45) is 1.13. The average molecular weight is 381 g/mol. The number of benzene rings is 2. The van der Waals surface area contributed by atoms with Gasteiger partial charge in [0.1, 0.15) is 5.75 Å². The highest BCUT2D eigenvalue weighted by Crippen LogP contribution is 2.36. The minimum absolute atomic E-state index is 0.133. The molecule has 7 nitrogen and oxygen atoms in total. The second kappa shape index (κ2) is 7.50. The average Bonchev–Trinajstić information content (AvgIpc) is 2.53. The van der Waals surface area contributed by atoms with Crippen molar-refractivity contribution in [3.63, 3.8) is 0 Å². The number of halogens is 1. The predicted octanol–water partition coefficient (Wildman–Crippen LogP) is 2.10. The summed E-state index contributed by atoms with van der Waals surface area (Å²) in [7, 11) is 0. The van der Waals surface area contributed by atoms with Crippen molar-refractivity contribution in [1.29, 1.82) is 0 Å². The normalized spacial score (nSPS) is 10.7. The van der Waals surface area contributed by atoms with Gasteiger partial charge in [-0.2, -0.15) is 5.10 Å². The highest BCUT2D eigenvalue weighted by atomic mass is 79.9. The number of hydrazone groups is 1. The number of hydrogen-bond donors (Lipinski definition) is 4. The molecular formula is C15H13BrN2O5. The lowest BCUT2D eigenvalue weighted by Gasteiger charge is -2.05. The zero-order chi connectivity index (χ0) is 16.8. The molecule has 1 amide bonds. The van der Waals surface area contributed by atoms with Gasteiger partial charge in [0.2, 0.25) is 5.75 Å². The summed E-state index contributed by atoms with van der Waals surface area (Å²) < 4.78 is 6.10. The highest BCUT2D eigenvalue weighted by Gasteiger charge is 2.09. The van der Waals surface area contributed by atoms with E-state index in [4.69, 9.17) is 4.74 Å². The number of phenols is 3. The molecule has 0 bridgehead atoms. The fourth-order valence-corrected chi connectivity index (χ4v) is 1.98. The first-order valence-corrected chi connectivity index (χ1v) is 7.21. The molecule has 0 radical (unpaired) electrons. The Kier molecular flexibility index (Phi) is 5.42. The zero-order valence-electron chi connectivity index (χ0n) is 11.7. The van der Waals surface area contributed by atoms with Gasteiger partial charge in [0, 0.05) is 10.0 Å². The summed E-state index contributed by atoms with van der Waals surface area (Å²) in [5, 5.41) is 31.8. The molecule has 4 N–H and O–H groups in total. The van der Waals surface area contributed by atoms with Crippen LogP contribution in [0, 0.1) is 0 Å². The van der Waals surface area contributed by atoms with Crippen LogP contribution in [0.15, 0.2) is 46.0 Å². The molecule has 0 atom stereocenters. The molecule has 120 valence electrons. The molecule has 23 heavy (non-hydrogen) atoms. The van der Waals surface area contributed by atoms with Crippen LogP contribution in [0.1, 0.15) is 5.56 Å². The van der Waals surface area contributed by atoms with E-state index in [-0.39, 0.29) is 12.2 Å². The molecule has 0 saturated heterocycles. The number of carbonyl (C=O) groups is 1. The Morgan fingerprint density at radius 2 is 2.00 bits per heavy atom. The monoisotopic (exact) mass is 380 g/mol. The van der Waals surface area contributed by atoms with Crippen molar-refractivity contribution < 1.29 is 24.9 Å². The van der Waals surface area contributed by atoms with Gasteiger partial charge in [-0.1, -0.05) is 22.0 Å². The van der Waals surface area contributed by atoms with Crippen molar-refractivity contribution in [3.05, 3.63) is 46.4 Å². The predicted molar refractivity (Wildman–Crippen MR) is 86.8 cm³/mol. The second-order valence-electron chi connectivity index (χ2n) is 4.41. The lowest BCUT2D eigenvalue weighted by atomic mass is 10.2. The molecule has 0 aliphatic rings. The summed E-state index contributed by atoms with van der Waals surface area (Å²) in [5.74, 6) is -1.61. The van der Waals surface area contributed by atoms with Gasteiger partial charge in [-0.3, -0.25) is 4.79 Å². The third kappa shape index (κ3) is 4.62. The Labute approximate surface area is 140 Å². The van der Waals surface area contributed by atoms with Crippen LogP contribution in [0.2, 0.25) is 0 Å². The van der Waals surface area contributed by atoms with Gasteiger partial charge in [0.05, 0.1) is 6.21 Å². The first kappa shape index (κ1) is 16.6. The van der Waals surface area contributed by atoms with E-state index >= 15 is 0 Å². The van der Waals surface area contributed by atoms with Crippen LogP contribution < -0.4 is 10.2 Å². The van der Waals surface area contributed by atoms with E-state index < -0.39 is 23.2 Å². The lowest BCUT2D eigenvalue weighted by molar-refractivity contribution is -0.123. The SMILES string of the molecule is O=C(COc1cccc(Br)c1)N/N=C/c1ccc(O)c(O)c1O. The van der Waals surface area contributed by atoms with Gasteiger partial charge in [0.25, 0.3) is 5.91 Å². The maximum Gasteiger partial charge on any atom is 0.277 e. The topological polar surface area (TPSA) is 111 Å². The standard InChI is InChI=1S/C15H13BrN2O5/c16-10-2-1-3-11(6-10)23-8-13(20)18-17-7-9-4-5-12(19)15(22)14(9)21/h1-7,19,21-22H,8H2,(H,18,20)/b17-7+. The molecule has 0 unspecified atom stereocenters. The number of phenolic OH excluding ortho intramolecular Hbond substituents is 3. The summed E-state index contributed by atoms with van der Waals surface area (Å²) in [4.78, 5) is 11.6. The molecular weight excluding hydrogens is 368 g/mol. The van der Waals surface area contributed by atoms with Crippen molar-refractivity contribution in [2.24, 2.45) is 5.10 Å². The number of nitrogens with one attached hydrogen (secondary N) is 1. The van der Waals surface area contributed by atoms with Crippen LogP contribution in [0.4, 0.5) is 0 Å². The van der Waals surface area contributed by atoms with E-state index in [1.165, 1.54) is 12.1 Å². The molecule has 0 fully saturated rings. The van der Waals surface area contributed by atoms with Gasteiger partial charge < -0.3 is 20.1 Å². The van der Waals surface area contributed by atoms with Crippen LogP contribution in [-0.2, 0) is 4.79 Å². The molecule has 2 aromatic rings. The Hall–Kier alpha value is -2.74. The molecule has 2 rings (SSSR count). The number of hydrogen-bond acceptors (Lipinski definition) is 6. The van der Waals surface area contributed by atoms with E-state index in [1.807, 2.05) is 6.07 Å². The molecule has 0 spiro atoms. The quantitative estimate of drug-likeness (QED) is 0.360. The Morgan fingerprint density at radius 3 is 2.74 bits per heavy atom. The van der Waals surface area contributed by atoms with Crippen molar-refractivity contribution in [1.82, 2.24) is 5.43 Å². The fourth-order valence-electron chi connectivity index (χ4n) is 1.60. The highest BCUT2D eigenvalue weighted by molar-refractivity contribution is 9.10. The van der Waals surface area contributed by atoms with Crippen LogP contribution >= 0.6 is 15.9 Å². The Bertz CT molecular complexity index is 749. The minimum atomic E-state index is -0.654. The van der Waals surface area contributed by atoms with Crippen LogP contribution in [0.3, 0.4) is 0 Å².